The molecule has 1 aromatic carbocycles. The van der Waals surface area contributed by atoms with Crippen LogP contribution in [0.5, 0.6) is 0 Å². The summed E-state index contributed by atoms with van der Waals surface area (Å²) in [6.45, 7) is -0.0575. The lowest BCUT2D eigenvalue weighted by Gasteiger charge is -2.47. The third-order valence-corrected chi connectivity index (χ3v) is 7.09. The number of rotatable bonds is 5. The zero-order chi connectivity index (χ0) is 23.8. The van der Waals surface area contributed by atoms with Gasteiger partial charge >= 0.3 is 12.5 Å². The van der Waals surface area contributed by atoms with E-state index in [2.05, 4.69) is 20.4 Å². The van der Waals surface area contributed by atoms with Crippen molar-refractivity contribution in [3.8, 4) is 11.6 Å². The van der Waals surface area contributed by atoms with Crippen molar-refractivity contribution in [2.75, 3.05) is 18.1 Å². The van der Waals surface area contributed by atoms with Gasteiger partial charge in [-0.3, -0.25) is 4.78 Å². The number of halogens is 3. The van der Waals surface area contributed by atoms with Crippen LogP contribution in [0, 0.1) is 10.6 Å². The molecule has 2 amide bonds. The van der Waals surface area contributed by atoms with Crippen LogP contribution in [0.1, 0.15) is 23.6 Å². The Bertz CT molecular complexity index is 1280. The Labute approximate surface area is 186 Å². The second kappa shape index (κ2) is 8.42. The predicted octanol–water partition coefficient (Wildman–Crippen LogP) is 2.48. The molecule has 1 fully saturated rings. The fraction of sp³-hybridized carbons (Fsp3) is 0.316. The molecule has 3 heterocycles. The number of alkyl halides is 2. The Morgan fingerprint density at radius 1 is 1.24 bits per heavy atom. The van der Waals surface area contributed by atoms with Gasteiger partial charge in [0.2, 0.25) is 0 Å². The first kappa shape index (κ1) is 22.6. The van der Waals surface area contributed by atoms with E-state index in [0.717, 1.165) is 0 Å². The van der Waals surface area contributed by atoms with Gasteiger partial charge in [-0.15, -0.1) is 15.3 Å². The van der Waals surface area contributed by atoms with Crippen LogP contribution in [0.2, 0.25) is 0 Å². The van der Waals surface area contributed by atoms with Crippen LogP contribution in [0.15, 0.2) is 40.8 Å². The van der Waals surface area contributed by atoms with Crippen LogP contribution in [0.4, 0.5) is 18.0 Å². The summed E-state index contributed by atoms with van der Waals surface area (Å²) in [5.74, 6) is -2.04. The number of nitrogens with one attached hydrogen (secondary N) is 1. The number of amides is 2. The first-order valence-electron chi connectivity index (χ1n) is 9.61. The van der Waals surface area contributed by atoms with E-state index in [9.17, 15) is 22.2 Å². The third-order valence-electron chi connectivity index (χ3n) is 5.30. The lowest BCUT2D eigenvalue weighted by Crippen LogP contribution is -2.61. The molecule has 2 unspecified atom stereocenters. The lowest BCUT2D eigenvalue weighted by molar-refractivity contribution is 0.116. The number of primary amides is 1. The van der Waals surface area contributed by atoms with Gasteiger partial charge in [-0.1, -0.05) is 12.1 Å². The van der Waals surface area contributed by atoms with Crippen molar-refractivity contribution < 1.29 is 26.6 Å². The quantitative estimate of drug-likeness (QED) is 0.568. The molecule has 2 aromatic heterocycles. The van der Waals surface area contributed by atoms with E-state index in [1.54, 1.807) is 6.07 Å². The molecule has 14 heteroatoms. The van der Waals surface area contributed by atoms with E-state index >= 15 is 0 Å². The number of carbonyl (C=O) groups excluding carboxylic acids is 1. The number of benzene rings is 1. The molecular formula is C19H18F3N7O3S. The van der Waals surface area contributed by atoms with Crippen LogP contribution >= 0.6 is 0 Å². The van der Waals surface area contributed by atoms with Gasteiger partial charge in [-0.25, -0.2) is 13.4 Å². The van der Waals surface area contributed by atoms with E-state index in [4.69, 9.17) is 14.9 Å². The number of carbonyl (C=O) groups is 1. The smallest absolute Gasteiger partial charge is 0.315 e. The Morgan fingerprint density at radius 2 is 2.03 bits per heavy atom. The van der Waals surface area contributed by atoms with Crippen molar-refractivity contribution in [3.63, 3.8) is 0 Å². The van der Waals surface area contributed by atoms with Crippen LogP contribution < -0.4 is 5.73 Å². The normalized spacial score (nSPS) is 23.1. The maximum absolute atomic E-state index is 14.1. The Kier molecular flexibility index (Phi) is 5.78. The molecule has 1 aliphatic rings. The summed E-state index contributed by atoms with van der Waals surface area (Å²) in [6.07, 6.45) is -3.01. The van der Waals surface area contributed by atoms with Gasteiger partial charge in [0.05, 0.1) is 17.0 Å². The zero-order valence-electron chi connectivity index (χ0n) is 17.0. The molecule has 0 aliphatic carbocycles. The minimum absolute atomic E-state index is 0.0395. The summed E-state index contributed by atoms with van der Waals surface area (Å²) in [5, 5.41) is 14.7. The fourth-order valence-corrected chi connectivity index (χ4v) is 5.69. The van der Waals surface area contributed by atoms with Gasteiger partial charge in [0.1, 0.15) is 11.5 Å². The molecule has 0 spiro atoms. The highest BCUT2D eigenvalue weighted by Crippen LogP contribution is 2.37. The van der Waals surface area contributed by atoms with Crippen molar-refractivity contribution >= 4 is 15.8 Å². The molecule has 0 saturated carbocycles. The van der Waals surface area contributed by atoms with Crippen molar-refractivity contribution in [2.45, 2.75) is 18.4 Å². The maximum Gasteiger partial charge on any atom is 0.315 e. The van der Waals surface area contributed by atoms with Crippen molar-refractivity contribution in [2.24, 2.45) is 5.73 Å². The van der Waals surface area contributed by atoms with E-state index in [1.165, 1.54) is 35.2 Å². The second-order valence-electron chi connectivity index (χ2n) is 7.52. The average molecular weight is 481 g/mol. The first-order valence-corrected chi connectivity index (χ1v) is 11.5. The molecule has 10 nitrogen and oxygen atoms in total. The molecule has 1 saturated heterocycles. The molecule has 0 radical (unpaired) electrons. The molecule has 33 heavy (non-hydrogen) atoms. The highest BCUT2D eigenvalue weighted by Gasteiger charge is 2.47. The van der Waals surface area contributed by atoms with Crippen LogP contribution in [-0.2, 0) is 21.7 Å². The van der Waals surface area contributed by atoms with E-state index < -0.39 is 39.4 Å². The molecule has 0 bridgehead atoms. The largest absolute Gasteiger partial charge is 0.413 e. The van der Waals surface area contributed by atoms with Crippen LogP contribution in [-0.4, -0.2) is 53.6 Å². The van der Waals surface area contributed by atoms with Crippen LogP contribution in [0.25, 0.3) is 11.6 Å². The van der Waals surface area contributed by atoms with E-state index in [0.29, 0.717) is 11.3 Å². The average Bonchev–Trinajstić information content (AvgIpc) is 3.24. The summed E-state index contributed by atoms with van der Waals surface area (Å²) in [4.78, 5) is 13.6. The first-order chi connectivity index (χ1) is 15.6. The van der Waals surface area contributed by atoms with E-state index in [-0.39, 0.29) is 36.1 Å². The fourth-order valence-electron chi connectivity index (χ4n) is 3.87. The Balaban J connectivity index is 1.74. The minimum atomic E-state index is -3.12. The maximum atomic E-state index is 14.1. The number of urea groups is 1. The topological polar surface area (TPSA) is 152 Å². The molecule has 174 valence electrons. The lowest BCUT2D eigenvalue weighted by atomic mass is 9.84. The van der Waals surface area contributed by atoms with Gasteiger partial charge in [0.25, 0.3) is 11.8 Å². The Morgan fingerprint density at radius 3 is 2.64 bits per heavy atom. The molecule has 3 N–H and O–H groups in total. The van der Waals surface area contributed by atoms with Crippen LogP contribution in [0.3, 0.4) is 0 Å². The molecule has 2 atom stereocenters. The van der Waals surface area contributed by atoms with Crippen molar-refractivity contribution in [1.29, 1.82) is 4.78 Å². The summed E-state index contributed by atoms with van der Waals surface area (Å²) in [6, 6.07) is 7.49. The molecule has 4 rings (SSSR count). The zero-order valence-corrected chi connectivity index (χ0v) is 17.8. The van der Waals surface area contributed by atoms with Crippen molar-refractivity contribution in [1.82, 2.24) is 25.3 Å². The van der Waals surface area contributed by atoms with E-state index in [1.807, 2.05) is 0 Å². The highest BCUT2D eigenvalue weighted by atomic mass is 32.2. The number of nitrogens with two attached hydrogens (primary N) is 1. The monoisotopic (exact) mass is 481 g/mol. The third kappa shape index (κ3) is 4.51. The van der Waals surface area contributed by atoms with Crippen molar-refractivity contribution in [3.05, 3.63) is 59.4 Å². The SMILES string of the molecule is N=S1(=O)CCN(C(N)=O)C(Cc2ccc(-c3nnc(C(F)F)o3)nn2)(c2cccc(F)c2)C1. The number of aromatic nitrogens is 4. The minimum Gasteiger partial charge on any atom is -0.413 e. The molecule has 3 aromatic rings. The highest BCUT2D eigenvalue weighted by molar-refractivity contribution is 7.92. The standard InChI is InChI=1S/C19H18F3N7O3S/c20-12-3-1-2-11(8-12)19(10-33(24,31)7-6-29(19)18(23)30)9-13-4-5-14(26-25-13)16-27-28-17(32-16)15(21)22/h1-5,8,15,24H,6-7,9-10H2,(H2,23,30). The molecular weight excluding hydrogens is 463 g/mol. The summed E-state index contributed by atoms with van der Waals surface area (Å²) in [7, 11) is -3.12. The van der Waals surface area contributed by atoms with Gasteiger partial charge < -0.3 is 15.1 Å². The summed E-state index contributed by atoms with van der Waals surface area (Å²) in [5.41, 5.74) is 4.83. The molecule has 1 aliphatic heterocycles. The van der Waals surface area contributed by atoms with Gasteiger partial charge in [0.15, 0.2) is 0 Å². The summed E-state index contributed by atoms with van der Waals surface area (Å²) < 4.78 is 65.3. The Hall–Kier alpha value is -3.55. The summed E-state index contributed by atoms with van der Waals surface area (Å²) >= 11 is 0. The number of hydrogen-bond donors (Lipinski definition) is 2. The number of nitrogens with zero attached hydrogens (tertiary/aromatic N) is 5. The second-order valence-corrected chi connectivity index (χ2v) is 9.85. The van der Waals surface area contributed by atoms with Gasteiger partial charge in [0, 0.05) is 28.4 Å². The van der Waals surface area contributed by atoms with Gasteiger partial charge in [-0.2, -0.15) is 13.9 Å². The number of hydrogen-bond acceptors (Lipinski definition) is 8. The van der Waals surface area contributed by atoms with Gasteiger partial charge in [-0.05, 0) is 29.8 Å². The predicted molar refractivity (Wildman–Crippen MR) is 109 cm³/mol.